The molecule has 2 nitrogen and oxygen atoms in total. The Labute approximate surface area is 206 Å². The Bertz CT molecular complexity index is 1230. The van der Waals surface area contributed by atoms with Crippen LogP contribution in [0.25, 0.3) is 22.5 Å². The molecular formula is C29H22IrN2-2. The molecule has 5 rings (SSSR count). The third-order valence-electron chi connectivity index (χ3n) is 4.46. The van der Waals surface area contributed by atoms with Gasteiger partial charge in [0.15, 0.2) is 0 Å². The molecule has 0 aliphatic carbocycles. The SMILES string of the molecule is [2H]C([2H])(c1ccccc1)c1ccnc(-c2[c-]cccc2)c1.[Ir].[c-]1ccccc1-c1ccccn1. The van der Waals surface area contributed by atoms with E-state index in [1.165, 1.54) is 0 Å². The standard InChI is InChI=1S/C18H14N.C11H8N.Ir/c1-3-7-15(8-4-1)13-16-11-12-19-18(14-16)17-9-5-2-6-10-17;1-2-6-10(7-3-1)11-8-4-5-9-12-11;/h1-9,11-12,14H,13H2;1-6,8-9H;/q2*-1;/i13D2;;. The van der Waals surface area contributed by atoms with Gasteiger partial charge in [0.05, 0.1) is 0 Å². The summed E-state index contributed by atoms with van der Waals surface area (Å²) in [4.78, 5) is 8.54. The molecule has 0 N–H and O–H groups in total. The molecule has 0 unspecified atom stereocenters. The Morgan fingerprint density at radius 2 is 1.22 bits per heavy atom. The van der Waals surface area contributed by atoms with Crippen molar-refractivity contribution >= 4 is 0 Å². The second-order valence-electron chi connectivity index (χ2n) is 6.69. The van der Waals surface area contributed by atoms with Crippen LogP contribution in [0, 0.1) is 12.1 Å². The zero-order valence-electron chi connectivity index (χ0n) is 19.3. The van der Waals surface area contributed by atoms with E-state index >= 15 is 0 Å². The minimum atomic E-state index is -1.55. The van der Waals surface area contributed by atoms with E-state index in [-0.39, 0.29) is 20.1 Å². The molecule has 1 radical (unpaired) electrons. The van der Waals surface area contributed by atoms with Crippen molar-refractivity contribution in [2.24, 2.45) is 0 Å². The van der Waals surface area contributed by atoms with Gasteiger partial charge in [-0.15, -0.1) is 71.8 Å². The molecule has 2 aromatic heterocycles. The fourth-order valence-corrected chi connectivity index (χ4v) is 2.97. The summed E-state index contributed by atoms with van der Waals surface area (Å²) < 4.78 is 16.8. The Morgan fingerprint density at radius 3 is 1.84 bits per heavy atom. The quantitative estimate of drug-likeness (QED) is 0.218. The van der Waals surface area contributed by atoms with Crippen molar-refractivity contribution in [3.05, 3.63) is 145 Å². The third-order valence-corrected chi connectivity index (χ3v) is 4.46. The molecule has 0 bridgehead atoms. The normalized spacial score (nSPS) is 11.1. The smallest absolute Gasteiger partial charge is 0.0365 e. The van der Waals surface area contributed by atoms with Gasteiger partial charge in [-0.1, -0.05) is 48.5 Å². The third kappa shape index (κ3) is 6.81. The summed E-state index contributed by atoms with van der Waals surface area (Å²) in [6, 6.07) is 40.2. The number of rotatable bonds is 4. The first kappa shape index (κ1) is 20.5. The average molecular weight is 593 g/mol. The average Bonchev–Trinajstić information content (AvgIpc) is 2.91. The molecule has 0 amide bonds. The summed E-state index contributed by atoms with van der Waals surface area (Å²) in [5.74, 6) is 0. The molecule has 159 valence electrons. The summed E-state index contributed by atoms with van der Waals surface area (Å²) >= 11 is 0. The van der Waals surface area contributed by atoms with Gasteiger partial charge >= 0.3 is 0 Å². The minimum absolute atomic E-state index is 0. The Balaban J connectivity index is 0.000000212. The van der Waals surface area contributed by atoms with Gasteiger partial charge in [-0.3, -0.25) is 0 Å². The van der Waals surface area contributed by atoms with Gasteiger partial charge in [0.1, 0.15) is 0 Å². The summed E-state index contributed by atoms with van der Waals surface area (Å²) in [5.41, 5.74) is 4.84. The number of hydrogen-bond donors (Lipinski definition) is 0. The molecule has 3 aromatic carbocycles. The van der Waals surface area contributed by atoms with E-state index in [4.69, 9.17) is 2.74 Å². The van der Waals surface area contributed by atoms with Crippen LogP contribution in [0.3, 0.4) is 0 Å². The van der Waals surface area contributed by atoms with Gasteiger partial charge in [-0.2, -0.15) is 0 Å². The molecule has 2 heterocycles. The summed E-state index contributed by atoms with van der Waals surface area (Å²) in [7, 11) is 0. The molecule has 0 saturated carbocycles. The zero-order valence-corrected chi connectivity index (χ0v) is 19.7. The van der Waals surface area contributed by atoms with Crippen LogP contribution in [0.15, 0.2) is 122 Å². The number of hydrogen-bond acceptors (Lipinski definition) is 2. The first-order valence-electron chi connectivity index (χ1n) is 11.0. The van der Waals surface area contributed by atoms with Crippen molar-refractivity contribution in [3.63, 3.8) is 0 Å². The van der Waals surface area contributed by atoms with Crippen LogP contribution >= 0.6 is 0 Å². The van der Waals surface area contributed by atoms with Crippen LogP contribution < -0.4 is 0 Å². The van der Waals surface area contributed by atoms with E-state index in [0.29, 0.717) is 11.1 Å². The molecule has 0 spiro atoms. The number of aromatic nitrogens is 2. The van der Waals surface area contributed by atoms with Gasteiger partial charge in [0, 0.05) is 35.2 Å². The fourth-order valence-electron chi connectivity index (χ4n) is 2.97. The van der Waals surface area contributed by atoms with Crippen molar-refractivity contribution in [1.29, 1.82) is 0 Å². The molecular weight excluding hydrogens is 569 g/mol. The molecule has 0 aliphatic heterocycles. The topological polar surface area (TPSA) is 25.8 Å². The van der Waals surface area contributed by atoms with Gasteiger partial charge in [0.25, 0.3) is 0 Å². The monoisotopic (exact) mass is 593 g/mol. The molecule has 3 heteroatoms. The van der Waals surface area contributed by atoms with Crippen LogP contribution in [0.2, 0.25) is 0 Å². The van der Waals surface area contributed by atoms with E-state index in [1.807, 2.05) is 84.9 Å². The number of pyridine rings is 2. The minimum Gasteiger partial charge on any atom is -0.305 e. The van der Waals surface area contributed by atoms with E-state index < -0.39 is 6.37 Å². The van der Waals surface area contributed by atoms with Crippen molar-refractivity contribution in [2.75, 3.05) is 0 Å². The van der Waals surface area contributed by atoms with Gasteiger partial charge < -0.3 is 9.97 Å². The Kier molecular flexibility index (Phi) is 7.99. The zero-order chi connectivity index (χ0) is 22.9. The van der Waals surface area contributed by atoms with Crippen molar-refractivity contribution in [1.82, 2.24) is 9.97 Å². The van der Waals surface area contributed by atoms with E-state index in [1.54, 1.807) is 36.7 Å². The first-order chi connectivity index (χ1) is 16.1. The van der Waals surface area contributed by atoms with Crippen LogP contribution in [0.5, 0.6) is 0 Å². The van der Waals surface area contributed by atoms with E-state index in [9.17, 15) is 0 Å². The molecule has 0 aliphatic rings. The van der Waals surface area contributed by atoms with Crippen LogP contribution in [0.1, 0.15) is 13.9 Å². The number of nitrogens with zero attached hydrogens (tertiary/aromatic N) is 2. The van der Waals surface area contributed by atoms with E-state index in [2.05, 4.69) is 22.1 Å². The number of benzene rings is 3. The summed E-state index contributed by atoms with van der Waals surface area (Å²) in [5, 5.41) is 0. The second-order valence-corrected chi connectivity index (χ2v) is 6.69. The predicted molar refractivity (Wildman–Crippen MR) is 126 cm³/mol. The maximum Gasteiger partial charge on any atom is 0.0365 e. The van der Waals surface area contributed by atoms with Gasteiger partial charge in [-0.25, -0.2) is 0 Å². The molecule has 5 aromatic rings. The van der Waals surface area contributed by atoms with Crippen LogP contribution in [-0.4, -0.2) is 9.97 Å². The largest absolute Gasteiger partial charge is 0.305 e. The first-order valence-corrected chi connectivity index (χ1v) is 10.0. The van der Waals surface area contributed by atoms with Crippen LogP contribution in [0.4, 0.5) is 0 Å². The van der Waals surface area contributed by atoms with E-state index in [0.717, 1.165) is 22.5 Å². The molecule has 0 atom stereocenters. The molecule has 32 heavy (non-hydrogen) atoms. The Hall–Kier alpha value is -3.39. The van der Waals surface area contributed by atoms with Crippen molar-refractivity contribution < 1.29 is 22.8 Å². The molecule has 0 saturated heterocycles. The van der Waals surface area contributed by atoms with Gasteiger partial charge in [0.2, 0.25) is 0 Å². The van der Waals surface area contributed by atoms with Gasteiger partial charge in [-0.05, 0) is 41.0 Å². The predicted octanol–water partition coefficient (Wildman–Crippen LogP) is 6.69. The summed E-state index contributed by atoms with van der Waals surface area (Å²) in [6.45, 7) is 0. The fraction of sp³-hybridized carbons (Fsp3) is 0.0345. The Morgan fingerprint density at radius 1 is 0.594 bits per heavy atom. The maximum atomic E-state index is 8.40. The van der Waals surface area contributed by atoms with Crippen molar-refractivity contribution in [2.45, 2.75) is 6.37 Å². The summed E-state index contributed by atoms with van der Waals surface area (Å²) in [6.07, 6.45) is 1.89. The van der Waals surface area contributed by atoms with Crippen LogP contribution in [-0.2, 0) is 26.5 Å². The van der Waals surface area contributed by atoms with Crippen molar-refractivity contribution in [3.8, 4) is 22.5 Å². The maximum absolute atomic E-state index is 8.40. The second kappa shape index (κ2) is 12.5. The molecule has 0 fully saturated rings.